The highest BCUT2D eigenvalue weighted by Crippen LogP contribution is 2.36. The summed E-state index contributed by atoms with van der Waals surface area (Å²) in [5.74, 6) is 0.635. The van der Waals surface area contributed by atoms with Crippen LogP contribution in [0.3, 0.4) is 0 Å². The van der Waals surface area contributed by atoms with Crippen LogP contribution in [0.4, 0.5) is 13.2 Å². The number of halogens is 4. The lowest BCUT2D eigenvalue weighted by molar-refractivity contribution is -0.137. The van der Waals surface area contributed by atoms with Crippen LogP contribution in [0.2, 0.25) is 5.02 Å². The molecule has 0 atom stereocenters. The van der Waals surface area contributed by atoms with E-state index in [-0.39, 0.29) is 27.5 Å². The highest BCUT2D eigenvalue weighted by molar-refractivity contribution is 7.98. The van der Waals surface area contributed by atoms with Gasteiger partial charge in [-0.3, -0.25) is 0 Å². The second-order valence-corrected chi connectivity index (χ2v) is 7.06. The van der Waals surface area contributed by atoms with Gasteiger partial charge in [0.25, 0.3) is 5.22 Å². The average molecular weight is 439 g/mol. The van der Waals surface area contributed by atoms with Gasteiger partial charge < -0.3 is 4.42 Å². The number of hydrogen-bond acceptors (Lipinski definition) is 7. The number of benzene rings is 2. The smallest absolute Gasteiger partial charge is 0.411 e. The Hall–Kier alpha value is -2.92. The Morgan fingerprint density at radius 1 is 1.03 bits per heavy atom. The Kier molecular flexibility index (Phi) is 5.24. The van der Waals surface area contributed by atoms with Gasteiger partial charge in [-0.1, -0.05) is 41.6 Å². The molecule has 0 spiro atoms. The summed E-state index contributed by atoms with van der Waals surface area (Å²) in [6, 6.07) is 12.6. The molecule has 12 heteroatoms. The first-order valence-corrected chi connectivity index (χ1v) is 9.44. The second-order valence-electron chi connectivity index (χ2n) is 5.69. The largest absolute Gasteiger partial charge is 0.418 e. The van der Waals surface area contributed by atoms with Crippen molar-refractivity contribution < 1.29 is 17.6 Å². The number of nitrogens with zero attached hydrogens (tertiary/aromatic N) is 6. The molecule has 0 fully saturated rings. The summed E-state index contributed by atoms with van der Waals surface area (Å²) in [5, 5.41) is 19.1. The Bertz CT molecular complexity index is 1130. The van der Waals surface area contributed by atoms with Crippen LogP contribution in [-0.4, -0.2) is 30.4 Å². The minimum absolute atomic E-state index is 0.0376. The van der Waals surface area contributed by atoms with Crippen molar-refractivity contribution in [3.8, 4) is 17.1 Å². The lowest BCUT2D eigenvalue weighted by Crippen LogP contribution is -2.13. The van der Waals surface area contributed by atoms with E-state index in [0.717, 1.165) is 28.1 Å². The molecule has 0 aliphatic rings. The molecule has 0 bridgehead atoms. The van der Waals surface area contributed by atoms with Gasteiger partial charge in [0, 0.05) is 10.6 Å². The molecular weight excluding hydrogens is 429 g/mol. The van der Waals surface area contributed by atoms with Crippen LogP contribution in [0.15, 0.2) is 58.2 Å². The van der Waals surface area contributed by atoms with Crippen LogP contribution in [-0.2, 0) is 11.9 Å². The van der Waals surface area contributed by atoms with Gasteiger partial charge in [-0.15, -0.1) is 15.3 Å². The Labute approximate surface area is 170 Å². The van der Waals surface area contributed by atoms with E-state index in [1.165, 1.54) is 12.1 Å². The summed E-state index contributed by atoms with van der Waals surface area (Å²) in [6.45, 7) is 0. The average Bonchev–Trinajstić information content (AvgIpc) is 3.36. The third-order valence-electron chi connectivity index (χ3n) is 3.78. The van der Waals surface area contributed by atoms with Crippen molar-refractivity contribution in [3.63, 3.8) is 0 Å². The van der Waals surface area contributed by atoms with Crippen LogP contribution < -0.4 is 0 Å². The molecular formula is C17H10ClF3N6OS. The summed E-state index contributed by atoms with van der Waals surface area (Å²) >= 11 is 6.83. The molecule has 0 N–H and O–H groups in total. The van der Waals surface area contributed by atoms with E-state index in [1.54, 1.807) is 0 Å². The first kappa shape index (κ1) is 19.4. The quantitative estimate of drug-likeness (QED) is 0.418. The Morgan fingerprint density at radius 2 is 1.83 bits per heavy atom. The van der Waals surface area contributed by atoms with Crippen molar-refractivity contribution in [2.45, 2.75) is 17.2 Å². The number of thioether (sulfide) groups is 1. The molecule has 148 valence electrons. The van der Waals surface area contributed by atoms with Crippen LogP contribution in [0.25, 0.3) is 17.1 Å². The van der Waals surface area contributed by atoms with Crippen molar-refractivity contribution in [1.29, 1.82) is 0 Å². The highest BCUT2D eigenvalue weighted by Gasteiger charge is 2.35. The molecule has 2 heterocycles. The number of aromatic nitrogens is 6. The standard InChI is InChI=1S/C17H10ClF3N6OS/c18-11-6-7-13(12(8-11)17(19,20)21)27-14(22-25-26-27)9-29-16-24-23-15(28-16)10-4-2-1-3-5-10/h1-8H,9H2. The van der Waals surface area contributed by atoms with E-state index in [9.17, 15) is 13.2 Å². The zero-order valence-electron chi connectivity index (χ0n) is 14.3. The minimum atomic E-state index is -4.62. The van der Waals surface area contributed by atoms with Gasteiger partial charge in [-0.2, -0.15) is 17.9 Å². The normalized spacial score (nSPS) is 11.7. The van der Waals surface area contributed by atoms with Crippen molar-refractivity contribution in [2.24, 2.45) is 0 Å². The number of tetrazole rings is 1. The van der Waals surface area contributed by atoms with E-state index in [2.05, 4.69) is 25.7 Å². The topological polar surface area (TPSA) is 82.5 Å². The van der Waals surface area contributed by atoms with Crippen LogP contribution in [0, 0.1) is 0 Å². The van der Waals surface area contributed by atoms with Gasteiger partial charge >= 0.3 is 6.18 Å². The predicted octanol–water partition coefficient (Wildman–Crippen LogP) is 4.68. The molecule has 0 aliphatic heterocycles. The SMILES string of the molecule is FC(F)(F)c1cc(Cl)ccc1-n1nnnc1CSc1nnc(-c2ccccc2)o1. The van der Waals surface area contributed by atoms with Crippen molar-refractivity contribution >= 4 is 23.4 Å². The van der Waals surface area contributed by atoms with E-state index in [1.807, 2.05) is 30.3 Å². The molecule has 0 saturated heterocycles. The first-order valence-electron chi connectivity index (χ1n) is 8.08. The summed E-state index contributed by atoms with van der Waals surface area (Å²) < 4.78 is 46.8. The van der Waals surface area contributed by atoms with Gasteiger partial charge in [0.05, 0.1) is 17.0 Å². The second kappa shape index (κ2) is 7.84. The van der Waals surface area contributed by atoms with Gasteiger partial charge in [0.1, 0.15) is 0 Å². The van der Waals surface area contributed by atoms with Crippen molar-refractivity contribution in [3.05, 3.63) is 64.9 Å². The molecule has 2 aromatic carbocycles. The van der Waals surface area contributed by atoms with Crippen LogP contribution in [0.1, 0.15) is 11.4 Å². The predicted molar refractivity (Wildman–Crippen MR) is 98.5 cm³/mol. The lowest BCUT2D eigenvalue weighted by Gasteiger charge is -2.13. The van der Waals surface area contributed by atoms with Crippen molar-refractivity contribution in [2.75, 3.05) is 0 Å². The van der Waals surface area contributed by atoms with Crippen LogP contribution >= 0.6 is 23.4 Å². The highest BCUT2D eigenvalue weighted by atomic mass is 35.5. The summed E-state index contributed by atoms with van der Waals surface area (Å²) in [5.41, 5.74) is -0.404. The summed E-state index contributed by atoms with van der Waals surface area (Å²) in [4.78, 5) is 0. The molecule has 0 radical (unpaired) electrons. The zero-order chi connectivity index (χ0) is 20.4. The maximum absolute atomic E-state index is 13.4. The molecule has 0 saturated carbocycles. The molecule has 0 unspecified atom stereocenters. The maximum atomic E-state index is 13.4. The van der Waals surface area contributed by atoms with E-state index < -0.39 is 11.7 Å². The monoisotopic (exact) mass is 438 g/mol. The fourth-order valence-electron chi connectivity index (χ4n) is 2.49. The number of rotatable bonds is 5. The Balaban J connectivity index is 1.57. The van der Waals surface area contributed by atoms with Crippen molar-refractivity contribution in [1.82, 2.24) is 30.4 Å². The Morgan fingerprint density at radius 3 is 2.59 bits per heavy atom. The van der Waals surface area contributed by atoms with Gasteiger partial charge in [0.15, 0.2) is 5.82 Å². The van der Waals surface area contributed by atoms with E-state index in [4.69, 9.17) is 16.0 Å². The zero-order valence-corrected chi connectivity index (χ0v) is 15.9. The fourth-order valence-corrected chi connectivity index (χ4v) is 3.34. The molecule has 0 aliphatic carbocycles. The fraction of sp³-hybridized carbons (Fsp3) is 0.118. The number of hydrogen-bond donors (Lipinski definition) is 0. The molecule has 4 rings (SSSR count). The molecule has 2 aromatic heterocycles. The third kappa shape index (κ3) is 4.25. The third-order valence-corrected chi connectivity index (χ3v) is 4.83. The van der Waals surface area contributed by atoms with E-state index >= 15 is 0 Å². The minimum Gasteiger partial charge on any atom is -0.411 e. The number of alkyl halides is 3. The summed E-state index contributed by atoms with van der Waals surface area (Å²) in [6.07, 6.45) is -4.62. The first-order chi connectivity index (χ1) is 13.9. The lowest BCUT2D eigenvalue weighted by atomic mass is 10.1. The molecule has 0 amide bonds. The van der Waals surface area contributed by atoms with Crippen LogP contribution in [0.5, 0.6) is 0 Å². The van der Waals surface area contributed by atoms with Gasteiger partial charge in [-0.05, 0) is 40.8 Å². The molecule has 4 aromatic rings. The summed E-state index contributed by atoms with van der Waals surface area (Å²) in [7, 11) is 0. The van der Waals surface area contributed by atoms with Gasteiger partial charge in [-0.25, -0.2) is 0 Å². The van der Waals surface area contributed by atoms with E-state index in [0.29, 0.717) is 5.89 Å². The molecule has 29 heavy (non-hydrogen) atoms. The molecule has 7 nitrogen and oxygen atoms in total. The van der Waals surface area contributed by atoms with Gasteiger partial charge in [0.2, 0.25) is 5.89 Å². The maximum Gasteiger partial charge on any atom is 0.418 e.